The number of carboxylic acid groups (broad SMARTS) is 1. The molecule has 0 spiro atoms. The topological polar surface area (TPSA) is 63.3 Å². The Morgan fingerprint density at radius 1 is 1.69 bits per heavy atom. The quantitative estimate of drug-likeness (QED) is 0.872. The first-order chi connectivity index (χ1) is 6.09. The summed E-state index contributed by atoms with van der Waals surface area (Å²) < 4.78 is 1.06. The second-order valence-corrected chi connectivity index (χ2v) is 5.24. The lowest BCUT2D eigenvalue weighted by atomic mass is 10.1. The predicted octanol–water partition coefficient (Wildman–Crippen LogP) is 1.86. The summed E-state index contributed by atoms with van der Waals surface area (Å²) in [5, 5.41) is 8.53. The number of thiophene rings is 1. The lowest BCUT2D eigenvalue weighted by Gasteiger charge is -2.03. The Bertz CT molecular complexity index is 300. The molecule has 1 aromatic heterocycles. The molecule has 13 heavy (non-hydrogen) atoms. The van der Waals surface area contributed by atoms with Crippen molar-refractivity contribution in [1.29, 1.82) is 0 Å². The Kier molecular flexibility index (Phi) is 3.90. The molecular formula is C8H10BrNO2S. The Labute approximate surface area is 88.7 Å². The molecule has 1 rings (SSSR count). The summed E-state index contributed by atoms with van der Waals surface area (Å²) >= 11 is 4.95. The summed E-state index contributed by atoms with van der Waals surface area (Å²) in [6.45, 7) is 0. The van der Waals surface area contributed by atoms with E-state index < -0.39 is 12.0 Å². The summed E-state index contributed by atoms with van der Waals surface area (Å²) in [7, 11) is 0. The highest BCUT2D eigenvalue weighted by Crippen LogP contribution is 2.23. The summed E-state index contributed by atoms with van der Waals surface area (Å²) in [6.07, 6.45) is 1.21. The van der Waals surface area contributed by atoms with Crippen molar-refractivity contribution >= 4 is 33.2 Å². The highest BCUT2D eigenvalue weighted by atomic mass is 79.9. The molecule has 0 radical (unpaired) electrons. The first kappa shape index (κ1) is 10.7. The van der Waals surface area contributed by atoms with Crippen LogP contribution >= 0.6 is 27.3 Å². The van der Waals surface area contributed by atoms with Gasteiger partial charge >= 0.3 is 5.97 Å². The third-order valence-corrected chi connectivity index (χ3v) is 3.33. The van der Waals surface area contributed by atoms with Gasteiger partial charge in [-0.05, 0) is 40.9 Å². The molecule has 1 unspecified atom stereocenters. The second-order valence-electron chi connectivity index (χ2n) is 2.69. The lowest BCUT2D eigenvalue weighted by Crippen LogP contribution is -2.30. The van der Waals surface area contributed by atoms with Crippen LogP contribution in [0.2, 0.25) is 0 Å². The van der Waals surface area contributed by atoms with Gasteiger partial charge in [0.25, 0.3) is 0 Å². The normalized spacial score (nSPS) is 12.8. The van der Waals surface area contributed by atoms with Crippen LogP contribution < -0.4 is 5.73 Å². The van der Waals surface area contributed by atoms with Crippen molar-refractivity contribution < 1.29 is 9.90 Å². The van der Waals surface area contributed by atoms with Gasteiger partial charge in [-0.25, -0.2) is 0 Å². The summed E-state index contributed by atoms with van der Waals surface area (Å²) in [5.41, 5.74) is 5.36. The Morgan fingerprint density at radius 2 is 2.38 bits per heavy atom. The Balaban J connectivity index is 2.39. The molecule has 0 amide bonds. The van der Waals surface area contributed by atoms with E-state index in [1.165, 1.54) is 0 Å². The van der Waals surface area contributed by atoms with E-state index in [9.17, 15) is 4.79 Å². The molecule has 3 nitrogen and oxygen atoms in total. The Hall–Kier alpha value is -0.390. The van der Waals surface area contributed by atoms with Crippen LogP contribution in [0.3, 0.4) is 0 Å². The maximum atomic E-state index is 10.4. The molecular weight excluding hydrogens is 254 g/mol. The second kappa shape index (κ2) is 4.74. The van der Waals surface area contributed by atoms with Gasteiger partial charge in [-0.15, -0.1) is 11.3 Å². The molecule has 0 aliphatic carbocycles. The van der Waals surface area contributed by atoms with Crippen LogP contribution in [-0.4, -0.2) is 17.1 Å². The molecule has 0 saturated heterocycles. The lowest BCUT2D eigenvalue weighted by molar-refractivity contribution is -0.138. The van der Waals surface area contributed by atoms with Crippen molar-refractivity contribution in [3.05, 3.63) is 20.8 Å². The number of hydrogen-bond donors (Lipinski definition) is 2. The van der Waals surface area contributed by atoms with Gasteiger partial charge in [-0.1, -0.05) is 0 Å². The SMILES string of the molecule is NC(CCc1ccc(Br)s1)C(=O)O. The van der Waals surface area contributed by atoms with E-state index in [4.69, 9.17) is 10.8 Å². The van der Waals surface area contributed by atoms with Crippen molar-refractivity contribution in [2.24, 2.45) is 5.73 Å². The third-order valence-electron chi connectivity index (χ3n) is 1.65. The van der Waals surface area contributed by atoms with Crippen LogP contribution in [-0.2, 0) is 11.2 Å². The standard InChI is InChI=1S/C8H10BrNO2S/c9-7-4-2-5(13-7)1-3-6(10)8(11)12/h2,4,6H,1,3,10H2,(H,11,12). The first-order valence-corrected chi connectivity index (χ1v) is 5.43. The van der Waals surface area contributed by atoms with E-state index in [0.717, 1.165) is 15.1 Å². The first-order valence-electron chi connectivity index (χ1n) is 3.82. The van der Waals surface area contributed by atoms with Gasteiger partial charge < -0.3 is 10.8 Å². The van der Waals surface area contributed by atoms with Gasteiger partial charge in [0.05, 0.1) is 3.79 Å². The van der Waals surface area contributed by atoms with E-state index in [2.05, 4.69) is 15.9 Å². The monoisotopic (exact) mass is 263 g/mol. The maximum absolute atomic E-state index is 10.4. The van der Waals surface area contributed by atoms with Crippen LogP contribution in [0.5, 0.6) is 0 Å². The van der Waals surface area contributed by atoms with Crippen LogP contribution in [0.25, 0.3) is 0 Å². The minimum absolute atomic E-state index is 0.488. The molecule has 0 saturated carbocycles. The molecule has 0 fully saturated rings. The third kappa shape index (κ3) is 3.46. The minimum Gasteiger partial charge on any atom is -0.480 e. The van der Waals surface area contributed by atoms with E-state index >= 15 is 0 Å². The van der Waals surface area contributed by atoms with Crippen LogP contribution in [0.1, 0.15) is 11.3 Å². The molecule has 0 aliphatic heterocycles. The number of rotatable bonds is 4. The average molecular weight is 264 g/mol. The highest BCUT2D eigenvalue weighted by molar-refractivity contribution is 9.11. The molecule has 0 aromatic carbocycles. The van der Waals surface area contributed by atoms with Crippen molar-refractivity contribution in [3.63, 3.8) is 0 Å². The zero-order chi connectivity index (χ0) is 9.84. The molecule has 1 heterocycles. The minimum atomic E-state index is -0.935. The van der Waals surface area contributed by atoms with E-state index in [1.807, 2.05) is 12.1 Å². The average Bonchev–Trinajstić information content (AvgIpc) is 2.47. The smallest absolute Gasteiger partial charge is 0.320 e. The van der Waals surface area contributed by atoms with Gasteiger partial charge in [0.2, 0.25) is 0 Å². The van der Waals surface area contributed by atoms with Gasteiger partial charge in [-0.2, -0.15) is 0 Å². The van der Waals surface area contributed by atoms with Crippen LogP contribution in [0.4, 0.5) is 0 Å². The van der Waals surface area contributed by atoms with Crippen molar-refractivity contribution in [2.45, 2.75) is 18.9 Å². The molecule has 3 N–H and O–H groups in total. The Morgan fingerprint density at radius 3 is 2.85 bits per heavy atom. The predicted molar refractivity (Wildman–Crippen MR) is 56.0 cm³/mol. The molecule has 1 atom stereocenters. The fourth-order valence-corrected chi connectivity index (χ4v) is 2.41. The van der Waals surface area contributed by atoms with Crippen molar-refractivity contribution in [1.82, 2.24) is 0 Å². The largest absolute Gasteiger partial charge is 0.480 e. The van der Waals surface area contributed by atoms with Gasteiger partial charge in [0, 0.05) is 4.88 Å². The number of halogens is 1. The van der Waals surface area contributed by atoms with Crippen LogP contribution in [0.15, 0.2) is 15.9 Å². The van der Waals surface area contributed by atoms with Gasteiger partial charge in [-0.3, -0.25) is 4.79 Å². The molecule has 1 aromatic rings. The molecule has 0 bridgehead atoms. The van der Waals surface area contributed by atoms with Gasteiger partial charge in [0.15, 0.2) is 0 Å². The summed E-state index contributed by atoms with van der Waals surface area (Å²) in [4.78, 5) is 11.6. The number of aryl methyl sites for hydroxylation is 1. The maximum Gasteiger partial charge on any atom is 0.320 e. The zero-order valence-corrected chi connectivity index (χ0v) is 9.27. The number of hydrogen-bond acceptors (Lipinski definition) is 3. The fourth-order valence-electron chi connectivity index (χ4n) is 0.907. The summed E-state index contributed by atoms with van der Waals surface area (Å²) in [5.74, 6) is -0.935. The molecule has 72 valence electrons. The molecule has 0 aliphatic rings. The highest BCUT2D eigenvalue weighted by Gasteiger charge is 2.11. The number of carbonyl (C=O) groups is 1. The van der Waals surface area contributed by atoms with E-state index in [1.54, 1.807) is 11.3 Å². The zero-order valence-electron chi connectivity index (χ0n) is 6.87. The number of aliphatic carboxylic acids is 1. The number of carboxylic acids is 1. The summed E-state index contributed by atoms with van der Waals surface area (Å²) in [6, 6.07) is 3.18. The fraction of sp³-hybridized carbons (Fsp3) is 0.375. The molecule has 5 heteroatoms. The van der Waals surface area contributed by atoms with E-state index in [0.29, 0.717) is 6.42 Å². The van der Waals surface area contributed by atoms with Crippen LogP contribution in [0, 0.1) is 0 Å². The van der Waals surface area contributed by atoms with Crippen molar-refractivity contribution in [2.75, 3.05) is 0 Å². The van der Waals surface area contributed by atoms with Gasteiger partial charge in [0.1, 0.15) is 6.04 Å². The number of nitrogens with two attached hydrogens (primary N) is 1. The van der Waals surface area contributed by atoms with Crippen molar-refractivity contribution in [3.8, 4) is 0 Å². The van der Waals surface area contributed by atoms with E-state index in [-0.39, 0.29) is 0 Å².